The average Bonchev–Trinajstić information content (AvgIpc) is 2.11. The third-order valence-electron chi connectivity index (χ3n) is 1.06. The molecule has 56 valence electrons. The van der Waals surface area contributed by atoms with Crippen molar-refractivity contribution in [3.63, 3.8) is 0 Å². The third kappa shape index (κ3) is 1.36. The highest BCUT2D eigenvalue weighted by Crippen LogP contribution is 2.25. The van der Waals surface area contributed by atoms with Crippen molar-refractivity contribution in [1.29, 1.82) is 0 Å². The predicted octanol–water partition coefficient (Wildman–Crippen LogP) is -0.0533. The van der Waals surface area contributed by atoms with Crippen molar-refractivity contribution in [2.45, 2.75) is 6.18 Å². The van der Waals surface area contributed by atoms with Gasteiger partial charge in [-0.25, -0.2) is 0 Å². The second-order valence-corrected chi connectivity index (χ2v) is 2.03. The van der Waals surface area contributed by atoms with Crippen molar-refractivity contribution >= 4 is 6.34 Å². The number of quaternary nitrogens is 1. The number of hydrogen-bond acceptors (Lipinski definition) is 1. The first-order valence-corrected chi connectivity index (χ1v) is 2.66. The van der Waals surface area contributed by atoms with E-state index in [9.17, 15) is 13.2 Å². The highest BCUT2D eigenvalue weighted by atomic mass is 19.4. The van der Waals surface area contributed by atoms with Crippen molar-refractivity contribution in [3.8, 4) is 0 Å². The van der Waals surface area contributed by atoms with Gasteiger partial charge in [0.05, 0.1) is 7.05 Å². The van der Waals surface area contributed by atoms with E-state index >= 15 is 0 Å². The van der Waals surface area contributed by atoms with Gasteiger partial charge in [0.1, 0.15) is 6.20 Å². The first-order chi connectivity index (χ1) is 4.50. The zero-order chi connectivity index (χ0) is 7.78. The summed E-state index contributed by atoms with van der Waals surface area (Å²) in [5.74, 6) is 0. The fourth-order valence-electron chi connectivity index (χ4n) is 0.617. The summed E-state index contributed by atoms with van der Waals surface area (Å²) >= 11 is 0. The lowest BCUT2D eigenvalue weighted by atomic mass is 10.5. The number of nitrogens with one attached hydrogen (secondary N) is 1. The van der Waals surface area contributed by atoms with Gasteiger partial charge in [0, 0.05) is 0 Å². The van der Waals surface area contributed by atoms with Gasteiger partial charge in [-0.05, 0) is 0 Å². The van der Waals surface area contributed by atoms with Crippen molar-refractivity contribution in [3.05, 3.63) is 11.9 Å². The summed E-state index contributed by atoms with van der Waals surface area (Å²) in [4.78, 5) is 3.70. The Morgan fingerprint density at radius 3 is 2.30 bits per heavy atom. The van der Waals surface area contributed by atoms with Gasteiger partial charge in [0.2, 0.25) is 5.70 Å². The molecule has 0 aromatic carbocycles. The van der Waals surface area contributed by atoms with Gasteiger partial charge in [-0.3, -0.25) is 4.90 Å². The van der Waals surface area contributed by atoms with E-state index < -0.39 is 11.9 Å². The first-order valence-electron chi connectivity index (χ1n) is 2.66. The third-order valence-corrected chi connectivity index (χ3v) is 1.06. The van der Waals surface area contributed by atoms with Crippen LogP contribution >= 0.6 is 0 Å². The topological polar surface area (TPSA) is 16.8 Å². The fraction of sp³-hybridized carbons (Fsp3) is 0.400. The van der Waals surface area contributed by atoms with Gasteiger partial charge in [-0.15, -0.1) is 0 Å². The lowest BCUT2D eigenvalue weighted by molar-refractivity contribution is -0.710. The van der Waals surface area contributed by atoms with Gasteiger partial charge in [-0.1, -0.05) is 0 Å². The van der Waals surface area contributed by atoms with Crippen LogP contribution in [0.15, 0.2) is 16.9 Å². The highest BCUT2D eigenvalue weighted by molar-refractivity contribution is 5.50. The molecule has 0 aromatic heterocycles. The summed E-state index contributed by atoms with van der Waals surface area (Å²) in [5, 5.41) is 0. The standard InChI is InChI=1S/C5H5F3N2/c1-10-2-4(9-3-10)5(6,7)8/h2-3H,1H3/p+1. The molecule has 1 rings (SSSR count). The van der Waals surface area contributed by atoms with Crippen molar-refractivity contribution < 1.29 is 18.1 Å². The zero-order valence-corrected chi connectivity index (χ0v) is 5.24. The van der Waals surface area contributed by atoms with Crippen LogP contribution in [0.1, 0.15) is 0 Å². The summed E-state index contributed by atoms with van der Waals surface area (Å²) in [6, 6.07) is 0. The van der Waals surface area contributed by atoms with E-state index in [0.29, 0.717) is 4.90 Å². The van der Waals surface area contributed by atoms with Crippen LogP contribution in [0.2, 0.25) is 0 Å². The van der Waals surface area contributed by atoms with Crippen LogP contribution in [0, 0.1) is 0 Å². The number of rotatable bonds is 0. The van der Waals surface area contributed by atoms with E-state index in [4.69, 9.17) is 0 Å². The van der Waals surface area contributed by atoms with Crippen molar-refractivity contribution in [2.24, 2.45) is 4.99 Å². The smallest absolute Gasteiger partial charge is 0.267 e. The molecule has 1 N–H and O–H groups in total. The Morgan fingerprint density at radius 2 is 2.10 bits per heavy atom. The van der Waals surface area contributed by atoms with E-state index in [1.807, 2.05) is 0 Å². The zero-order valence-electron chi connectivity index (χ0n) is 5.24. The Balaban J connectivity index is 2.78. The summed E-state index contributed by atoms with van der Waals surface area (Å²) in [5.41, 5.74) is -0.815. The van der Waals surface area contributed by atoms with E-state index in [2.05, 4.69) is 4.99 Å². The maximum absolute atomic E-state index is 11.7. The Kier molecular flexibility index (Phi) is 1.52. The summed E-state index contributed by atoms with van der Waals surface area (Å²) < 4.78 is 35.2. The Morgan fingerprint density at radius 1 is 1.50 bits per heavy atom. The van der Waals surface area contributed by atoms with Crippen LogP contribution in [0.25, 0.3) is 0 Å². The summed E-state index contributed by atoms with van der Waals surface area (Å²) in [6.07, 6.45) is -2.09. The maximum Gasteiger partial charge on any atom is 0.438 e. The van der Waals surface area contributed by atoms with E-state index in [1.165, 1.54) is 6.34 Å². The molecule has 1 unspecified atom stereocenters. The van der Waals surface area contributed by atoms with Crippen LogP contribution in [-0.4, -0.2) is 19.6 Å². The quantitative estimate of drug-likeness (QED) is 0.499. The molecular weight excluding hydrogens is 145 g/mol. The van der Waals surface area contributed by atoms with Gasteiger partial charge < -0.3 is 0 Å². The number of allylic oxidation sites excluding steroid dienone is 1. The van der Waals surface area contributed by atoms with Crippen molar-refractivity contribution in [1.82, 2.24) is 0 Å². The summed E-state index contributed by atoms with van der Waals surface area (Å²) in [6.45, 7) is 0. The molecule has 0 saturated heterocycles. The van der Waals surface area contributed by atoms with Gasteiger partial charge in [0.25, 0.3) is 0 Å². The minimum absolute atomic E-state index is 0.535. The monoisotopic (exact) mass is 151 g/mol. The molecule has 10 heavy (non-hydrogen) atoms. The molecule has 0 bridgehead atoms. The Hall–Kier alpha value is -0.840. The second-order valence-electron chi connectivity index (χ2n) is 2.03. The normalized spacial score (nSPS) is 25.2. The maximum atomic E-state index is 11.7. The highest BCUT2D eigenvalue weighted by Gasteiger charge is 2.37. The molecule has 0 aromatic rings. The largest absolute Gasteiger partial charge is 0.438 e. The molecule has 2 nitrogen and oxygen atoms in total. The molecular formula is C5H6F3N2+. The predicted molar refractivity (Wildman–Crippen MR) is 29.5 cm³/mol. The molecule has 0 spiro atoms. The number of halogens is 3. The summed E-state index contributed by atoms with van der Waals surface area (Å²) in [7, 11) is 1.57. The van der Waals surface area contributed by atoms with Crippen LogP contribution in [0.4, 0.5) is 13.2 Å². The number of nitrogens with zero attached hydrogens (tertiary/aromatic N) is 1. The molecule has 1 aliphatic heterocycles. The fourth-order valence-corrected chi connectivity index (χ4v) is 0.617. The second kappa shape index (κ2) is 2.09. The van der Waals surface area contributed by atoms with Crippen molar-refractivity contribution in [2.75, 3.05) is 7.05 Å². The lowest BCUT2D eigenvalue weighted by Gasteiger charge is -1.99. The van der Waals surface area contributed by atoms with E-state index in [-0.39, 0.29) is 0 Å². The Labute approximate surface area is 55.7 Å². The van der Waals surface area contributed by atoms with E-state index in [1.54, 1.807) is 7.05 Å². The van der Waals surface area contributed by atoms with Crippen LogP contribution in [0.3, 0.4) is 0 Å². The minimum atomic E-state index is -4.30. The first kappa shape index (κ1) is 7.27. The van der Waals surface area contributed by atoms with Crippen LogP contribution < -0.4 is 4.90 Å². The molecule has 1 atom stereocenters. The van der Waals surface area contributed by atoms with E-state index in [0.717, 1.165) is 6.20 Å². The van der Waals surface area contributed by atoms with Crippen LogP contribution in [0.5, 0.6) is 0 Å². The molecule has 1 aliphatic rings. The molecule has 5 heteroatoms. The number of aliphatic imine (C=N–C) groups is 1. The van der Waals surface area contributed by atoms with Crippen LogP contribution in [-0.2, 0) is 0 Å². The number of hydrogen-bond donors (Lipinski definition) is 1. The molecule has 0 radical (unpaired) electrons. The van der Waals surface area contributed by atoms with Gasteiger partial charge in [0.15, 0.2) is 6.34 Å². The average molecular weight is 151 g/mol. The molecule has 0 fully saturated rings. The van der Waals surface area contributed by atoms with Gasteiger partial charge in [-0.2, -0.15) is 18.2 Å². The van der Waals surface area contributed by atoms with Gasteiger partial charge >= 0.3 is 6.18 Å². The lowest BCUT2D eigenvalue weighted by Crippen LogP contribution is -3.02. The molecule has 1 heterocycles. The molecule has 0 aliphatic carbocycles. The minimum Gasteiger partial charge on any atom is -0.267 e. The molecule has 0 amide bonds. The number of alkyl halides is 3. The SMILES string of the molecule is C[NH+]1C=NC(C(F)(F)F)=C1. The Bertz CT molecular complexity index is 192. The molecule has 0 saturated carbocycles.